The van der Waals surface area contributed by atoms with Crippen molar-refractivity contribution in [3.8, 4) is 0 Å². The molecule has 0 aliphatic rings. The zero-order valence-corrected chi connectivity index (χ0v) is 11.9. The van der Waals surface area contributed by atoms with E-state index < -0.39 is 36.4 Å². The molecule has 0 unspecified atom stereocenters. The molecule has 0 spiro atoms. The normalized spacial score (nSPS) is 16.7. The molecule has 0 aliphatic carbocycles. The quantitative estimate of drug-likeness (QED) is 0.263. The monoisotopic (exact) mass is 310 g/mol. The van der Waals surface area contributed by atoms with Gasteiger partial charge in [-0.15, -0.1) is 0 Å². The first kappa shape index (κ1) is 21.7. The van der Waals surface area contributed by atoms with Crippen LogP contribution in [0, 0.1) is 0 Å². The van der Waals surface area contributed by atoms with E-state index in [1.54, 1.807) is 21.1 Å². The first-order valence-electron chi connectivity index (χ1n) is 5.72. The molecule has 0 fully saturated rings. The maximum Gasteiger partial charge on any atom is 0.151 e. The summed E-state index contributed by atoms with van der Waals surface area (Å²) < 4.78 is 0.419. The molecule has 0 rings (SSSR count). The Bertz CT molecular complexity index is 352. The minimum atomic E-state index is -2.36. The maximum absolute atomic E-state index is 9.95. The van der Waals surface area contributed by atoms with Crippen molar-refractivity contribution in [1.29, 1.82) is 0 Å². The third kappa shape index (κ3) is 10.8. The lowest BCUT2D eigenvalue weighted by molar-refractivity contribution is -0.864. The van der Waals surface area contributed by atoms with Gasteiger partial charge in [0, 0.05) is 0 Å². The number of aliphatic carboxylic acids is 2. The molecule has 0 aromatic carbocycles. The summed E-state index contributed by atoms with van der Waals surface area (Å²) in [6, 6.07) is 0. The van der Waals surface area contributed by atoms with E-state index in [1.807, 2.05) is 0 Å². The molecule has 0 aromatic rings. The molecule has 0 amide bonds. The summed E-state index contributed by atoms with van der Waals surface area (Å²) in [5, 5.41) is 54.7. The Hall–Kier alpha value is -1.59. The van der Waals surface area contributed by atoms with Crippen LogP contribution in [0.3, 0.4) is 0 Å². The second kappa shape index (κ2) is 9.37. The number of nitrogens with zero attached hydrogens (tertiary/aromatic N) is 1. The van der Waals surface area contributed by atoms with Gasteiger partial charge in [-0.2, -0.15) is 0 Å². The molecule has 10 heteroatoms. The predicted octanol–water partition coefficient (Wildman–Crippen LogP) is -6.18. The molecule has 0 aromatic heterocycles. The lowest BCUT2D eigenvalue weighted by Gasteiger charge is -2.24. The van der Waals surface area contributed by atoms with Gasteiger partial charge in [0.2, 0.25) is 0 Å². The molecule has 0 bridgehead atoms. The standard InChI is InChI=1S/C6H10O7.C5H11NO2/c7-1-2(8)3(9)4(10)5(11)6(12)13;1-6(2,3)4-5(7)8/h1-5,8-11H,(H,12,13);4H2,1-3H3/p-1/t2-,3+,4+,5-;/m0./s1. The lowest BCUT2D eigenvalue weighted by atomic mass is 10.0. The van der Waals surface area contributed by atoms with Crippen LogP contribution >= 0.6 is 0 Å². The van der Waals surface area contributed by atoms with E-state index >= 15 is 0 Å². The van der Waals surface area contributed by atoms with E-state index in [9.17, 15) is 24.6 Å². The van der Waals surface area contributed by atoms with Gasteiger partial charge in [-0.25, -0.2) is 0 Å². The number of rotatable bonds is 7. The van der Waals surface area contributed by atoms with E-state index in [-0.39, 0.29) is 12.8 Å². The number of aliphatic hydroxyl groups excluding tert-OH is 4. The first-order chi connectivity index (χ1) is 9.33. The molecule has 4 N–H and O–H groups in total. The van der Waals surface area contributed by atoms with E-state index in [4.69, 9.17) is 20.4 Å². The minimum absolute atomic E-state index is 0.0694. The molecule has 0 saturated heterocycles. The van der Waals surface area contributed by atoms with Crippen LogP contribution < -0.4 is 10.2 Å². The molecule has 4 atom stereocenters. The summed E-state index contributed by atoms with van der Waals surface area (Å²) in [7, 11) is 5.40. The van der Waals surface area contributed by atoms with Crippen molar-refractivity contribution in [2.24, 2.45) is 0 Å². The van der Waals surface area contributed by atoms with Gasteiger partial charge in [0.25, 0.3) is 0 Å². The molecule has 0 saturated carbocycles. The number of likely N-dealkylation sites (N-methyl/N-ethyl adjacent to an activating group) is 1. The summed E-state index contributed by atoms with van der Waals surface area (Å²) in [6.45, 7) is 0.0694. The number of hydrogen-bond donors (Lipinski definition) is 4. The smallest absolute Gasteiger partial charge is 0.151 e. The van der Waals surface area contributed by atoms with Crippen LogP contribution in [0.4, 0.5) is 0 Å². The number of carbonyl (C=O) groups is 3. The summed E-state index contributed by atoms with van der Waals surface area (Å²) in [6.07, 6.45) is -8.65. The SMILES string of the molecule is C[N+](C)(C)CC(=O)[O-].O=C[C@H](O)[C@@H](O)[C@@H](O)[C@H](O)C(=O)[O-]. The molecule has 124 valence electrons. The molecule has 0 radical (unpaired) electrons. The fraction of sp³-hybridized carbons (Fsp3) is 0.727. The summed E-state index contributed by atoms with van der Waals surface area (Å²) in [4.78, 5) is 29.7. The lowest BCUT2D eigenvalue weighted by Crippen LogP contribution is -2.52. The number of aldehydes is 1. The van der Waals surface area contributed by atoms with Gasteiger partial charge in [-0.3, -0.25) is 0 Å². The van der Waals surface area contributed by atoms with Crippen LogP contribution in [0.2, 0.25) is 0 Å². The first-order valence-corrected chi connectivity index (χ1v) is 5.72. The predicted molar refractivity (Wildman–Crippen MR) is 63.0 cm³/mol. The Morgan fingerprint density at radius 3 is 1.67 bits per heavy atom. The second-order valence-corrected chi connectivity index (χ2v) is 5.19. The maximum atomic E-state index is 9.95. The minimum Gasteiger partial charge on any atom is -0.547 e. The average molecular weight is 310 g/mol. The van der Waals surface area contributed by atoms with Gasteiger partial charge in [-0.1, -0.05) is 0 Å². The Kier molecular flexibility index (Phi) is 9.68. The van der Waals surface area contributed by atoms with Crippen molar-refractivity contribution in [2.75, 3.05) is 27.7 Å². The molecular weight excluding hydrogens is 290 g/mol. The van der Waals surface area contributed by atoms with Gasteiger partial charge in [0.15, 0.2) is 6.29 Å². The highest BCUT2D eigenvalue weighted by atomic mass is 16.4. The Balaban J connectivity index is 0. The Morgan fingerprint density at radius 2 is 1.48 bits per heavy atom. The number of carboxylic acids is 2. The van der Waals surface area contributed by atoms with Crippen LogP contribution in [0.15, 0.2) is 0 Å². The van der Waals surface area contributed by atoms with Gasteiger partial charge in [0.05, 0.1) is 33.1 Å². The van der Waals surface area contributed by atoms with Crippen LogP contribution in [-0.2, 0) is 14.4 Å². The average Bonchev–Trinajstić information content (AvgIpc) is 2.32. The molecule has 21 heavy (non-hydrogen) atoms. The zero-order chi connectivity index (χ0) is 17.4. The van der Waals surface area contributed by atoms with Crippen LogP contribution in [0.5, 0.6) is 0 Å². The van der Waals surface area contributed by atoms with Crippen molar-refractivity contribution in [3.63, 3.8) is 0 Å². The topological polar surface area (TPSA) is 178 Å². The molecule has 10 nitrogen and oxygen atoms in total. The number of hydrogen-bond acceptors (Lipinski definition) is 9. The highest BCUT2D eigenvalue weighted by Gasteiger charge is 2.30. The van der Waals surface area contributed by atoms with Crippen molar-refractivity contribution in [3.05, 3.63) is 0 Å². The van der Waals surface area contributed by atoms with E-state index in [0.717, 1.165) is 0 Å². The second-order valence-electron chi connectivity index (χ2n) is 5.19. The van der Waals surface area contributed by atoms with E-state index in [2.05, 4.69) is 0 Å². The summed E-state index contributed by atoms with van der Waals surface area (Å²) in [5.41, 5.74) is 0. The van der Waals surface area contributed by atoms with Crippen molar-refractivity contribution < 1.29 is 49.5 Å². The fourth-order valence-electron chi connectivity index (χ4n) is 0.996. The highest BCUT2D eigenvalue weighted by Crippen LogP contribution is 2.03. The van der Waals surface area contributed by atoms with Gasteiger partial charge in [-0.05, 0) is 0 Å². The highest BCUT2D eigenvalue weighted by molar-refractivity contribution is 5.70. The molecule has 0 aliphatic heterocycles. The van der Waals surface area contributed by atoms with Gasteiger partial charge < -0.3 is 49.5 Å². The van der Waals surface area contributed by atoms with Gasteiger partial charge in [0.1, 0.15) is 31.0 Å². The number of quaternary nitrogens is 1. The number of aliphatic hydroxyl groups is 4. The fourth-order valence-corrected chi connectivity index (χ4v) is 0.996. The third-order valence-electron chi connectivity index (χ3n) is 2.01. The van der Waals surface area contributed by atoms with Crippen molar-refractivity contribution >= 4 is 18.2 Å². The molecular formula is C11H20NO9-. The van der Waals surface area contributed by atoms with E-state index in [1.165, 1.54) is 0 Å². The summed E-state index contributed by atoms with van der Waals surface area (Å²) >= 11 is 0. The van der Waals surface area contributed by atoms with E-state index in [0.29, 0.717) is 4.48 Å². The molecule has 0 heterocycles. The van der Waals surface area contributed by atoms with Crippen LogP contribution in [0.1, 0.15) is 0 Å². The van der Waals surface area contributed by atoms with Crippen molar-refractivity contribution in [1.82, 2.24) is 0 Å². The Morgan fingerprint density at radius 1 is 1.05 bits per heavy atom. The number of carbonyl (C=O) groups excluding carboxylic acids is 3. The summed E-state index contributed by atoms with van der Waals surface area (Å²) in [5.74, 6) is -3.01. The van der Waals surface area contributed by atoms with Crippen LogP contribution in [0.25, 0.3) is 0 Å². The van der Waals surface area contributed by atoms with Gasteiger partial charge >= 0.3 is 0 Å². The van der Waals surface area contributed by atoms with Crippen molar-refractivity contribution in [2.45, 2.75) is 24.4 Å². The van der Waals surface area contributed by atoms with Crippen LogP contribution in [-0.4, -0.2) is 95.2 Å². The number of carboxylic acid groups (broad SMARTS) is 2. The zero-order valence-electron chi connectivity index (χ0n) is 11.9. The third-order valence-corrected chi connectivity index (χ3v) is 2.01. The Labute approximate surface area is 121 Å². The largest absolute Gasteiger partial charge is 0.547 e.